The lowest BCUT2D eigenvalue weighted by atomic mass is 10.2. The molecule has 0 radical (unpaired) electrons. The maximum Gasteiger partial charge on any atom is 0.337 e. The number of rotatable bonds is 2. The Morgan fingerprint density at radius 3 is 2.72 bits per heavy atom. The Morgan fingerprint density at radius 1 is 1.11 bits per heavy atom. The molecule has 1 aromatic carbocycles. The molecule has 1 N–H and O–H groups in total. The lowest BCUT2D eigenvalue weighted by molar-refractivity contribution is 0.0699. The lowest BCUT2D eigenvalue weighted by Crippen LogP contribution is -1.98. The summed E-state index contributed by atoms with van der Waals surface area (Å²) < 4.78 is 1.77. The largest absolute Gasteiger partial charge is 0.478 e. The molecule has 2 aromatic heterocycles. The van der Waals surface area contributed by atoms with Crippen molar-refractivity contribution in [2.45, 2.75) is 0 Å². The van der Waals surface area contributed by atoms with E-state index >= 15 is 0 Å². The van der Waals surface area contributed by atoms with Crippen LogP contribution in [0.5, 0.6) is 0 Å². The van der Waals surface area contributed by atoms with Gasteiger partial charge in [0.05, 0.1) is 11.1 Å². The molecule has 0 atom stereocenters. The van der Waals surface area contributed by atoms with Crippen LogP contribution in [-0.2, 0) is 0 Å². The number of aromatic carboxylic acids is 1. The number of carboxylic acids is 1. The van der Waals surface area contributed by atoms with E-state index in [0.717, 1.165) is 5.52 Å². The van der Waals surface area contributed by atoms with E-state index in [9.17, 15) is 4.79 Å². The molecule has 3 rings (SSSR count). The molecule has 0 fully saturated rings. The fourth-order valence-electron chi connectivity index (χ4n) is 1.89. The summed E-state index contributed by atoms with van der Waals surface area (Å²) >= 11 is 0. The Labute approximate surface area is 102 Å². The molecule has 88 valence electrons. The minimum Gasteiger partial charge on any atom is -0.478 e. The number of carboxylic acid groups (broad SMARTS) is 1. The van der Waals surface area contributed by atoms with Gasteiger partial charge < -0.3 is 5.11 Å². The Balaban J connectivity index is 2.28. The fraction of sp³-hybridized carbons (Fsp3) is 0. The third-order valence-electron chi connectivity index (χ3n) is 2.70. The topological polar surface area (TPSA) is 68.0 Å². The number of benzene rings is 1. The molecule has 0 unspecified atom stereocenters. The van der Waals surface area contributed by atoms with E-state index in [-0.39, 0.29) is 5.56 Å². The quantitative estimate of drug-likeness (QED) is 0.743. The number of hydrogen-bond acceptors (Lipinski definition) is 3. The zero-order valence-corrected chi connectivity index (χ0v) is 9.32. The van der Waals surface area contributed by atoms with Crippen LogP contribution in [0.1, 0.15) is 10.4 Å². The summed E-state index contributed by atoms with van der Waals surface area (Å²) in [5, 5.41) is 9.10. The first-order valence-corrected chi connectivity index (χ1v) is 5.38. The van der Waals surface area contributed by atoms with E-state index in [1.54, 1.807) is 29.2 Å². The summed E-state index contributed by atoms with van der Waals surface area (Å²) in [4.78, 5) is 19.5. The Bertz CT molecular complexity index is 719. The molecule has 0 aliphatic carbocycles. The number of hydrogen-bond donors (Lipinski definition) is 1. The Hall–Kier alpha value is -2.69. The lowest BCUT2D eigenvalue weighted by Gasteiger charge is -2.02. The maximum absolute atomic E-state index is 11.1. The Morgan fingerprint density at radius 2 is 2.00 bits per heavy atom. The predicted octanol–water partition coefficient (Wildman–Crippen LogP) is 2.12. The van der Waals surface area contributed by atoms with E-state index in [1.165, 1.54) is 0 Å². The number of carbonyl (C=O) groups is 1. The van der Waals surface area contributed by atoms with Gasteiger partial charge in [-0.2, -0.15) is 0 Å². The molecular formula is C13H9N3O2. The van der Waals surface area contributed by atoms with Crippen molar-refractivity contribution in [1.82, 2.24) is 14.5 Å². The van der Waals surface area contributed by atoms with Gasteiger partial charge in [0.25, 0.3) is 0 Å². The van der Waals surface area contributed by atoms with Gasteiger partial charge in [0, 0.05) is 6.20 Å². The SMILES string of the molecule is O=C(O)c1cccc2c1ncn2-c1ccccn1. The minimum absolute atomic E-state index is 0.196. The van der Waals surface area contributed by atoms with Crippen LogP contribution in [0.2, 0.25) is 0 Å². The summed E-state index contributed by atoms with van der Waals surface area (Å²) in [6, 6.07) is 10.6. The van der Waals surface area contributed by atoms with Crippen molar-refractivity contribution in [3.63, 3.8) is 0 Å². The molecule has 5 nitrogen and oxygen atoms in total. The third kappa shape index (κ3) is 1.53. The van der Waals surface area contributed by atoms with Gasteiger partial charge in [-0.3, -0.25) is 4.57 Å². The van der Waals surface area contributed by atoms with Crippen LogP contribution in [0.4, 0.5) is 0 Å². The van der Waals surface area contributed by atoms with Gasteiger partial charge in [-0.05, 0) is 24.3 Å². The second-order valence-corrected chi connectivity index (χ2v) is 3.78. The van der Waals surface area contributed by atoms with Gasteiger partial charge in [-0.25, -0.2) is 14.8 Å². The molecule has 3 aromatic rings. The molecule has 0 bridgehead atoms. The normalized spacial score (nSPS) is 10.7. The van der Waals surface area contributed by atoms with Gasteiger partial charge in [-0.1, -0.05) is 12.1 Å². The zero-order chi connectivity index (χ0) is 12.5. The van der Waals surface area contributed by atoms with Crippen molar-refractivity contribution >= 4 is 17.0 Å². The van der Waals surface area contributed by atoms with Crippen molar-refractivity contribution in [3.05, 3.63) is 54.5 Å². The summed E-state index contributed by atoms with van der Waals surface area (Å²) in [7, 11) is 0. The second-order valence-electron chi connectivity index (χ2n) is 3.78. The van der Waals surface area contributed by atoms with Crippen molar-refractivity contribution in [2.24, 2.45) is 0 Å². The first kappa shape index (κ1) is 10.5. The van der Waals surface area contributed by atoms with Gasteiger partial charge in [0.2, 0.25) is 0 Å². The number of para-hydroxylation sites is 1. The van der Waals surface area contributed by atoms with Crippen LogP contribution in [0.15, 0.2) is 48.9 Å². The fourth-order valence-corrected chi connectivity index (χ4v) is 1.89. The molecule has 0 aliphatic heterocycles. The van der Waals surface area contributed by atoms with Gasteiger partial charge in [0.15, 0.2) is 0 Å². The van der Waals surface area contributed by atoms with E-state index < -0.39 is 5.97 Å². The van der Waals surface area contributed by atoms with Crippen LogP contribution in [0.3, 0.4) is 0 Å². The van der Waals surface area contributed by atoms with Crippen LogP contribution in [0.25, 0.3) is 16.9 Å². The van der Waals surface area contributed by atoms with E-state index in [4.69, 9.17) is 5.11 Å². The second kappa shape index (κ2) is 3.96. The molecule has 0 amide bonds. The third-order valence-corrected chi connectivity index (χ3v) is 2.70. The number of fused-ring (bicyclic) bond motifs is 1. The van der Waals surface area contributed by atoms with Crippen LogP contribution in [-0.4, -0.2) is 25.6 Å². The predicted molar refractivity (Wildman–Crippen MR) is 65.8 cm³/mol. The summed E-state index contributed by atoms with van der Waals surface area (Å²) in [6.07, 6.45) is 3.27. The smallest absolute Gasteiger partial charge is 0.337 e. The summed E-state index contributed by atoms with van der Waals surface area (Å²) in [5.74, 6) is -0.269. The van der Waals surface area contributed by atoms with E-state index in [0.29, 0.717) is 11.3 Å². The molecule has 0 saturated carbocycles. The van der Waals surface area contributed by atoms with Gasteiger partial charge >= 0.3 is 5.97 Å². The van der Waals surface area contributed by atoms with Gasteiger partial charge in [-0.15, -0.1) is 0 Å². The van der Waals surface area contributed by atoms with Crippen LogP contribution < -0.4 is 0 Å². The standard InChI is InChI=1S/C13H9N3O2/c17-13(18)9-4-3-5-10-12(9)15-8-16(10)11-6-1-2-7-14-11/h1-8H,(H,17,18). The molecule has 0 spiro atoms. The molecule has 0 saturated heterocycles. The van der Waals surface area contributed by atoms with Crippen molar-refractivity contribution in [3.8, 4) is 5.82 Å². The first-order valence-electron chi connectivity index (χ1n) is 5.38. The highest BCUT2D eigenvalue weighted by Gasteiger charge is 2.13. The minimum atomic E-state index is -0.980. The average molecular weight is 239 g/mol. The number of aromatic nitrogens is 3. The number of pyridine rings is 1. The highest BCUT2D eigenvalue weighted by molar-refractivity contribution is 6.01. The molecular weight excluding hydrogens is 230 g/mol. The van der Waals surface area contributed by atoms with Crippen LogP contribution >= 0.6 is 0 Å². The van der Waals surface area contributed by atoms with Gasteiger partial charge in [0.1, 0.15) is 17.7 Å². The molecule has 2 heterocycles. The number of nitrogens with zero attached hydrogens (tertiary/aromatic N) is 3. The molecule has 18 heavy (non-hydrogen) atoms. The molecule has 0 aliphatic rings. The summed E-state index contributed by atoms with van der Waals surface area (Å²) in [6.45, 7) is 0. The maximum atomic E-state index is 11.1. The summed E-state index contributed by atoms with van der Waals surface area (Å²) in [5.41, 5.74) is 1.39. The molecule has 5 heteroatoms. The average Bonchev–Trinajstić information content (AvgIpc) is 2.83. The number of imidazole rings is 1. The van der Waals surface area contributed by atoms with Crippen LogP contribution in [0, 0.1) is 0 Å². The Kier molecular flexibility index (Phi) is 2.30. The van der Waals surface area contributed by atoms with Crippen molar-refractivity contribution < 1.29 is 9.90 Å². The highest BCUT2D eigenvalue weighted by atomic mass is 16.4. The zero-order valence-electron chi connectivity index (χ0n) is 9.32. The van der Waals surface area contributed by atoms with Crippen molar-refractivity contribution in [1.29, 1.82) is 0 Å². The van der Waals surface area contributed by atoms with Crippen molar-refractivity contribution in [2.75, 3.05) is 0 Å². The monoisotopic (exact) mass is 239 g/mol. The van der Waals surface area contributed by atoms with E-state index in [1.807, 2.05) is 24.3 Å². The first-order chi connectivity index (χ1) is 8.77. The van der Waals surface area contributed by atoms with E-state index in [2.05, 4.69) is 9.97 Å². The highest BCUT2D eigenvalue weighted by Crippen LogP contribution is 2.20.